The van der Waals surface area contributed by atoms with Crippen LogP contribution in [0.2, 0.25) is 0 Å². The Balaban J connectivity index is 2.72. The number of amides is 1. The molecule has 1 rings (SSSR count). The van der Waals surface area contributed by atoms with Gasteiger partial charge < -0.3 is 15.5 Å². The van der Waals surface area contributed by atoms with Gasteiger partial charge in [0, 0.05) is 18.5 Å². The highest BCUT2D eigenvalue weighted by molar-refractivity contribution is 5.89. The lowest BCUT2D eigenvalue weighted by Crippen LogP contribution is -2.29. The summed E-state index contributed by atoms with van der Waals surface area (Å²) >= 11 is 0. The van der Waals surface area contributed by atoms with E-state index >= 15 is 0 Å². The number of hydrogen-bond acceptors (Lipinski definition) is 4. The van der Waals surface area contributed by atoms with Crippen molar-refractivity contribution in [1.82, 2.24) is 10.3 Å². The van der Waals surface area contributed by atoms with Gasteiger partial charge in [-0.2, -0.15) is 0 Å². The second-order valence-electron chi connectivity index (χ2n) is 4.32. The minimum Gasteiger partial charge on any atom is -0.437 e. The van der Waals surface area contributed by atoms with E-state index in [4.69, 9.17) is 10.2 Å². The van der Waals surface area contributed by atoms with E-state index in [1.165, 1.54) is 0 Å². The number of nitrogens with zero attached hydrogens (tertiary/aromatic N) is 1. The summed E-state index contributed by atoms with van der Waals surface area (Å²) in [6.45, 7) is 6.81. The number of hydrogen-bond donors (Lipinski definition) is 2. The fraction of sp³-hybridized carbons (Fsp3) is 0.600. The fourth-order valence-electron chi connectivity index (χ4n) is 0.987. The van der Waals surface area contributed by atoms with Gasteiger partial charge in [0.15, 0.2) is 0 Å². The lowest BCUT2D eigenvalue weighted by atomic mass is 9.94. The summed E-state index contributed by atoms with van der Waals surface area (Å²) in [7, 11) is 0. The Bertz CT molecular complexity index is 339. The maximum atomic E-state index is 11.4. The van der Waals surface area contributed by atoms with E-state index < -0.39 is 0 Å². The number of rotatable bonds is 3. The minimum atomic E-state index is -0.323. The number of nitrogens with two attached hydrogens (primary N) is 1. The van der Waals surface area contributed by atoms with Gasteiger partial charge >= 0.3 is 5.91 Å². The Morgan fingerprint density at radius 3 is 2.73 bits per heavy atom. The van der Waals surface area contributed by atoms with Crippen LogP contribution in [0.4, 0.5) is 0 Å². The van der Waals surface area contributed by atoms with Gasteiger partial charge in [-0.15, -0.1) is 0 Å². The number of carbonyl (C=O) groups excluding carboxylic acids is 1. The van der Waals surface area contributed by atoms with Crippen molar-refractivity contribution in [2.24, 2.45) is 5.73 Å². The van der Waals surface area contributed by atoms with E-state index in [1.807, 2.05) is 20.8 Å². The van der Waals surface area contributed by atoms with E-state index in [9.17, 15) is 4.79 Å². The zero-order valence-electron chi connectivity index (χ0n) is 9.33. The SMILES string of the molecule is CC(C)(C)c1cnc(C(=O)NCCN)o1. The molecule has 0 aliphatic heterocycles. The van der Waals surface area contributed by atoms with Gasteiger partial charge in [-0.1, -0.05) is 20.8 Å². The van der Waals surface area contributed by atoms with Crippen LogP contribution < -0.4 is 11.1 Å². The lowest BCUT2D eigenvalue weighted by Gasteiger charge is -2.12. The van der Waals surface area contributed by atoms with Crippen LogP contribution in [0.5, 0.6) is 0 Å². The second kappa shape index (κ2) is 4.44. The molecule has 0 saturated heterocycles. The van der Waals surface area contributed by atoms with E-state index in [2.05, 4.69) is 10.3 Å². The zero-order valence-corrected chi connectivity index (χ0v) is 9.33. The normalized spacial score (nSPS) is 11.5. The van der Waals surface area contributed by atoms with E-state index in [0.29, 0.717) is 18.8 Å². The molecule has 0 radical (unpaired) electrons. The van der Waals surface area contributed by atoms with Crippen molar-refractivity contribution >= 4 is 5.91 Å². The molecule has 15 heavy (non-hydrogen) atoms. The molecule has 0 unspecified atom stereocenters. The van der Waals surface area contributed by atoms with Crippen LogP contribution >= 0.6 is 0 Å². The first-order valence-corrected chi connectivity index (χ1v) is 4.89. The lowest BCUT2D eigenvalue weighted by molar-refractivity contribution is 0.0917. The molecule has 1 aromatic rings. The minimum absolute atomic E-state index is 0.0911. The second-order valence-corrected chi connectivity index (χ2v) is 4.32. The van der Waals surface area contributed by atoms with Crippen LogP contribution in [-0.2, 0) is 5.41 Å². The molecule has 1 heterocycles. The standard InChI is InChI=1S/C10H17N3O2/c1-10(2,3)7-6-13-9(15-7)8(14)12-5-4-11/h6H,4-5,11H2,1-3H3,(H,12,14). The van der Waals surface area contributed by atoms with E-state index in [-0.39, 0.29) is 17.2 Å². The molecule has 0 aliphatic carbocycles. The molecule has 3 N–H and O–H groups in total. The monoisotopic (exact) mass is 211 g/mol. The van der Waals surface area contributed by atoms with Gasteiger partial charge in [-0.05, 0) is 0 Å². The van der Waals surface area contributed by atoms with Crippen LogP contribution in [0.3, 0.4) is 0 Å². The number of nitrogens with one attached hydrogen (secondary N) is 1. The smallest absolute Gasteiger partial charge is 0.307 e. The van der Waals surface area contributed by atoms with Gasteiger partial charge in [-0.25, -0.2) is 4.98 Å². The van der Waals surface area contributed by atoms with Crippen molar-refractivity contribution in [3.05, 3.63) is 17.8 Å². The third-order valence-corrected chi connectivity index (χ3v) is 1.87. The van der Waals surface area contributed by atoms with Crippen molar-refractivity contribution in [3.63, 3.8) is 0 Å². The molecule has 0 spiro atoms. The van der Waals surface area contributed by atoms with Crippen molar-refractivity contribution in [1.29, 1.82) is 0 Å². The van der Waals surface area contributed by atoms with Crippen molar-refractivity contribution in [3.8, 4) is 0 Å². The summed E-state index contributed by atoms with van der Waals surface area (Å²) in [5, 5.41) is 2.59. The highest BCUT2D eigenvalue weighted by Gasteiger charge is 2.21. The first-order chi connectivity index (χ1) is 6.95. The average molecular weight is 211 g/mol. The van der Waals surface area contributed by atoms with Gasteiger partial charge in [-0.3, -0.25) is 4.79 Å². The van der Waals surface area contributed by atoms with Crippen molar-refractivity contribution in [2.75, 3.05) is 13.1 Å². The average Bonchev–Trinajstić information content (AvgIpc) is 2.62. The van der Waals surface area contributed by atoms with E-state index in [1.54, 1.807) is 6.20 Å². The third-order valence-electron chi connectivity index (χ3n) is 1.87. The van der Waals surface area contributed by atoms with Gasteiger partial charge in [0.05, 0.1) is 6.20 Å². The topological polar surface area (TPSA) is 81.2 Å². The highest BCUT2D eigenvalue weighted by atomic mass is 16.4. The first kappa shape index (κ1) is 11.7. The summed E-state index contributed by atoms with van der Waals surface area (Å²) in [6, 6.07) is 0. The fourth-order valence-corrected chi connectivity index (χ4v) is 0.987. The van der Waals surface area contributed by atoms with Gasteiger partial charge in [0.1, 0.15) is 5.76 Å². The van der Waals surface area contributed by atoms with Crippen molar-refractivity contribution in [2.45, 2.75) is 26.2 Å². The molecule has 0 fully saturated rings. The van der Waals surface area contributed by atoms with Crippen LogP contribution in [0.15, 0.2) is 10.6 Å². The Kier molecular flexibility index (Phi) is 3.47. The Morgan fingerprint density at radius 2 is 2.27 bits per heavy atom. The molecule has 0 aromatic carbocycles. The maximum Gasteiger partial charge on any atom is 0.307 e. The molecule has 5 nitrogen and oxygen atoms in total. The highest BCUT2D eigenvalue weighted by Crippen LogP contribution is 2.22. The summed E-state index contributed by atoms with van der Waals surface area (Å²) < 4.78 is 5.34. The van der Waals surface area contributed by atoms with Crippen LogP contribution in [0.1, 0.15) is 37.2 Å². The Morgan fingerprint density at radius 1 is 1.60 bits per heavy atom. The van der Waals surface area contributed by atoms with E-state index in [0.717, 1.165) is 0 Å². The predicted octanol–water partition coefficient (Wildman–Crippen LogP) is 0.661. The number of aromatic nitrogens is 1. The molecule has 84 valence electrons. The molecule has 5 heteroatoms. The summed E-state index contributed by atoms with van der Waals surface area (Å²) in [6.07, 6.45) is 1.58. The number of carbonyl (C=O) groups is 1. The van der Waals surface area contributed by atoms with Crippen LogP contribution in [0, 0.1) is 0 Å². The molecule has 0 bridgehead atoms. The summed E-state index contributed by atoms with van der Waals surface area (Å²) in [5.74, 6) is 0.463. The van der Waals surface area contributed by atoms with Crippen molar-refractivity contribution < 1.29 is 9.21 Å². The largest absolute Gasteiger partial charge is 0.437 e. The quantitative estimate of drug-likeness (QED) is 0.769. The van der Waals surface area contributed by atoms with Gasteiger partial charge in [0.2, 0.25) is 0 Å². The molecule has 1 amide bonds. The summed E-state index contributed by atoms with van der Waals surface area (Å²) in [4.78, 5) is 15.3. The van der Waals surface area contributed by atoms with Crippen LogP contribution in [0.25, 0.3) is 0 Å². The molecular weight excluding hydrogens is 194 g/mol. The molecular formula is C10H17N3O2. The first-order valence-electron chi connectivity index (χ1n) is 4.89. The zero-order chi connectivity index (χ0) is 11.5. The predicted molar refractivity (Wildman–Crippen MR) is 56.6 cm³/mol. The Hall–Kier alpha value is -1.36. The van der Waals surface area contributed by atoms with Gasteiger partial charge in [0.25, 0.3) is 5.89 Å². The number of oxazole rings is 1. The molecule has 1 aromatic heterocycles. The Labute approximate surface area is 89.1 Å². The summed E-state index contributed by atoms with van der Waals surface area (Å²) in [5.41, 5.74) is 5.12. The molecule has 0 aliphatic rings. The third kappa shape index (κ3) is 3.06. The molecule has 0 atom stereocenters. The maximum absolute atomic E-state index is 11.4. The van der Waals surface area contributed by atoms with Crippen LogP contribution in [-0.4, -0.2) is 24.0 Å². The molecule has 0 saturated carbocycles.